The molecule has 168 valence electrons. The highest BCUT2D eigenvalue weighted by Gasteiger charge is 2.61. The number of carbonyl (C=O) groups is 4. The third kappa shape index (κ3) is 3.77. The van der Waals surface area contributed by atoms with Gasteiger partial charge in [0.2, 0.25) is 11.8 Å². The van der Waals surface area contributed by atoms with Gasteiger partial charge in [0.25, 0.3) is 0 Å². The van der Waals surface area contributed by atoms with Gasteiger partial charge in [0, 0.05) is 12.0 Å². The number of ketones is 1. The molecule has 1 heterocycles. The molecule has 6 nitrogen and oxygen atoms in total. The average molecular weight is 447 g/mol. The van der Waals surface area contributed by atoms with E-state index in [4.69, 9.17) is 4.74 Å². The first-order valence-corrected chi connectivity index (χ1v) is 11.0. The van der Waals surface area contributed by atoms with Crippen molar-refractivity contribution >= 4 is 23.6 Å². The Morgan fingerprint density at radius 2 is 1.55 bits per heavy atom. The standard InChI is InChI=1S/C26H22FNO5/c27-19-10-8-16(9-11-19)21(29)14-33-26(32)20(12-15-4-2-1-3-5-15)28-24(30)22-17-6-7-18(13-17)23(22)25(28)31/h1-11,17-18,20,22-23H,12-14H2/t17-,18-,20-,22-,23+/m0/s1. The summed E-state index contributed by atoms with van der Waals surface area (Å²) >= 11 is 0. The number of imide groups is 1. The summed E-state index contributed by atoms with van der Waals surface area (Å²) in [7, 11) is 0. The zero-order chi connectivity index (χ0) is 23.1. The van der Waals surface area contributed by atoms with Crippen LogP contribution in [0.1, 0.15) is 22.3 Å². The Labute approximate surface area is 190 Å². The van der Waals surface area contributed by atoms with Gasteiger partial charge in [0.05, 0.1) is 11.8 Å². The molecule has 0 spiro atoms. The summed E-state index contributed by atoms with van der Waals surface area (Å²) in [6, 6.07) is 12.8. The van der Waals surface area contributed by atoms with Crippen molar-refractivity contribution in [1.29, 1.82) is 0 Å². The lowest BCUT2D eigenvalue weighted by molar-refractivity contribution is -0.158. The number of amides is 2. The predicted octanol–water partition coefficient (Wildman–Crippen LogP) is 2.97. The van der Waals surface area contributed by atoms with Crippen LogP contribution in [0.25, 0.3) is 0 Å². The fourth-order valence-electron chi connectivity index (χ4n) is 5.30. The smallest absolute Gasteiger partial charge is 0.330 e. The first-order valence-electron chi connectivity index (χ1n) is 11.0. The minimum absolute atomic E-state index is 0.0231. The Morgan fingerprint density at radius 1 is 0.939 bits per heavy atom. The number of nitrogens with zero attached hydrogens (tertiary/aromatic N) is 1. The number of esters is 1. The maximum absolute atomic E-state index is 13.3. The van der Waals surface area contributed by atoms with E-state index in [2.05, 4.69) is 0 Å². The van der Waals surface area contributed by atoms with E-state index in [1.165, 1.54) is 12.1 Å². The molecule has 33 heavy (non-hydrogen) atoms. The van der Waals surface area contributed by atoms with Crippen molar-refractivity contribution in [2.45, 2.75) is 18.9 Å². The number of fused-ring (bicyclic) bond motifs is 5. The van der Waals surface area contributed by atoms with E-state index in [1.807, 2.05) is 30.4 Å². The number of hydrogen-bond acceptors (Lipinski definition) is 5. The van der Waals surface area contributed by atoms with Crippen molar-refractivity contribution in [3.8, 4) is 0 Å². The molecule has 1 saturated carbocycles. The van der Waals surface area contributed by atoms with Gasteiger partial charge in [0.15, 0.2) is 12.4 Å². The van der Waals surface area contributed by atoms with Crippen molar-refractivity contribution in [3.05, 3.63) is 83.7 Å². The molecule has 2 aromatic carbocycles. The van der Waals surface area contributed by atoms with Crippen LogP contribution in [0, 0.1) is 29.5 Å². The Morgan fingerprint density at radius 3 is 2.15 bits per heavy atom. The third-order valence-corrected chi connectivity index (χ3v) is 6.87. The lowest BCUT2D eigenvalue weighted by atomic mass is 9.85. The quantitative estimate of drug-likeness (QED) is 0.282. The van der Waals surface area contributed by atoms with Crippen LogP contribution in [0.4, 0.5) is 4.39 Å². The minimum atomic E-state index is -1.15. The van der Waals surface area contributed by atoms with Gasteiger partial charge in [-0.2, -0.15) is 0 Å². The number of allylic oxidation sites excluding steroid dienone is 2. The fourth-order valence-corrected chi connectivity index (χ4v) is 5.30. The molecule has 0 aromatic heterocycles. The largest absolute Gasteiger partial charge is 0.456 e. The molecule has 5 atom stereocenters. The lowest BCUT2D eigenvalue weighted by Gasteiger charge is -2.26. The number of ether oxygens (including phenoxy) is 1. The molecule has 3 aliphatic rings. The molecule has 2 bridgehead atoms. The molecule has 2 fully saturated rings. The lowest BCUT2D eigenvalue weighted by Crippen LogP contribution is -2.48. The second-order valence-electron chi connectivity index (χ2n) is 8.79. The van der Waals surface area contributed by atoms with Crippen molar-refractivity contribution in [1.82, 2.24) is 4.90 Å². The van der Waals surface area contributed by atoms with Crippen molar-refractivity contribution in [3.63, 3.8) is 0 Å². The van der Waals surface area contributed by atoms with Crippen molar-refractivity contribution < 1.29 is 28.3 Å². The predicted molar refractivity (Wildman–Crippen MR) is 115 cm³/mol. The number of benzene rings is 2. The number of halogens is 1. The number of rotatable bonds is 7. The summed E-state index contributed by atoms with van der Waals surface area (Å²) in [6.45, 7) is -0.564. The normalized spacial score (nSPS) is 25.9. The van der Waals surface area contributed by atoms with Crippen LogP contribution in [-0.2, 0) is 25.5 Å². The second-order valence-corrected chi connectivity index (χ2v) is 8.79. The van der Waals surface area contributed by atoms with Crippen LogP contribution >= 0.6 is 0 Å². The van der Waals surface area contributed by atoms with Crippen LogP contribution in [0.15, 0.2) is 66.7 Å². The van der Waals surface area contributed by atoms with E-state index in [0.717, 1.165) is 29.0 Å². The van der Waals surface area contributed by atoms with Gasteiger partial charge in [-0.15, -0.1) is 0 Å². The van der Waals surface area contributed by atoms with Gasteiger partial charge in [0.1, 0.15) is 11.9 Å². The van der Waals surface area contributed by atoms with Crippen LogP contribution in [0.5, 0.6) is 0 Å². The molecule has 2 aromatic rings. The summed E-state index contributed by atoms with van der Waals surface area (Å²) in [6.07, 6.45) is 4.88. The Balaban J connectivity index is 1.36. The molecule has 2 aliphatic carbocycles. The van der Waals surface area contributed by atoms with Gasteiger partial charge in [-0.25, -0.2) is 9.18 Å². The van der Waals surface area contributed by atoms with Gasteiger partial charge < -0.3 is 4.74 Å². The van der Waals surface area contributed by atoms with E-state index < -0.39 is 42.1 Å². The molecule has 0 unspecified atom stereocenters. The highest BCUT2D eigenvalue weighted by molar-refractivity contribution is 6.09. The molecule has 1 aliphatic heterocycles. The van der Waals surface area contributed by atoms with Crippen molar-refractivity contribution in [2.75, 3.05) is 6.61 Å². The molecule has 7 heteroatoms. The third-order valence-electron chi connectivity index (χ3n) is 6.87. The number of carbonyl (C=O) groups excluding carboxylic acids is 4. The molecule has 1 saturated heterocycles. The van der Waals surface area contributed by atoms with E-state index in [1.54, 1.807) is 12.1 Å². The molecule has 5 rings (SSSR count). The van der Waals surface area contributed by atoms with E-state index >= 15 is 0 Å². The maximum atomic E-state index is 13.3. The van der Waals surface area contributed by atoms with Crippen LogP contribution in [0.3, 0.4) is 0 Å². The van der Waals surface area contributed by atoms with Crippen LogP contribution in [-0.4, -0.2) is 41.1 Å². The number of hydrogen-bond donors (Lipinski definition) is 0. The van der Waals surface area contributed by atoms with Gasteiger partial charge in [-0.3, -0.25) is 19.3 Å². The Bertz CT molecular complexity index is 1110. The number of Topliss-reactive ketones (excluding diaryl/α,β-unsaturated/α-hetero) is 1. The molecular formula is C26H22FNO5. The SMILES string of the molecule is O=C(COC(=O)[C@H](Cc1ccccc1)N1C(=O)[C@@H]2[C@H](C1=O)[C@H]1C=C[C@H]2C1)c1ccc(F)cc1. The summed E-state index contributed by atoms with van der Waals surface area (Å²) in [5.74, 6) is -3.29. The monoisotopic (exact) mass is 447 g/mol. The summed E-state index contributed by atoms with van der Waals surface area (Å²) in [5, 5.41) is 0. The minimum Gasteiger partial charge on any atom is -0.456 e. The first-order chi connectivity index (χ1) is 15.9. The highest BCUT2D eigenvalue weighted by atomic mass is 19.1. The highest BCUT2D eigenvalue weighted by Crippen LogP contribution is 2.53. The summed E-state index contributed by atoms with van der Waals surface area (Å²) < 4.78 is 18.4. The fraction of sp³-hybridized carbons (Fsp3) is 0.308. The van der Waals surface area contributed by atoms with Crippen LogP contribution < -0.4 is 0 Å². The maximum Gasteiger partial charge on any atom is 0.330 e. The molecule has 0 radical (unpaired) electrons. The topological polar surface area (TPSA) is 80.8 Å². The zero-order valence-electron chi connectivity index (χ0n) is 17.7. The van der Waals surface area contributed by atoms with E-state index in [9.17, 15) is 23.6 Å². The number of likely N-dealkylation sites (tertiary alicyclic amines) is 1. The van der Waals surface area contributed by atoms with Gasteiger partial charge >= 0.3 is 5.97 Å². The molecular weight excluding hydrogens is 425 g/mol. The van der Waals surface area contributed by atoms with Gasteiger partial charge in [-0.1, -0.05) is 42.5 Å². The summed E-state index contributed by atoms with van der Waals surface area (Å²) in [5.41, 5.74) is 0.970. The first kappa shape index (κ1) is 21.2. The van der Waals surface area contributed by atoms with E-state index in [-0.39, 0.29) is 35.6 Å². The second kappa shape index (κ2) is 8.39. The van der Waals surface area contributed by atoms with E-state index in [0.29, 0.717) is 0 Å². The Kier molecular flexibility index (Phi) is 5.40. The molecule has 0 N–H and O–H groups in total. The Hall–Kier alpha value is -3.61. The molecule has 2 amide bonds. The van der Waals surface area contributed by atoms with Crippen molar-refractivity contribution in [2.24, 2.45) is 23.7 Å². The zero-order valence-corrected chi connectivity index (χ0v) is 17.7. The van der Waals surface area contributed by atoms with Crippen LogP contribution in [0.2, 0.25) is 0 Å². The summed E-state index contributed by atoms with van der Waals surface area (Å²) in [4.78, 5) is 53.1. The average Bonchev–Trinajstić information content (AvgIpc) is 3.51. The van der Waals surface area contributed by atoms with Gasteiger partial charge in [-0.05, 0) is 48.1 Å².